The van der Waals surface area contributed by atoms with E-state index in [0.29, 0.717) is 23.2 Å². The van der Waals surface area contributed by atoms with Gasteiger partial charge in [-0.2, -0.15) is 0 Å². The molecule has 2 aliphatic heterocycles. The number of rotatable bonds is 8. The molecule has 0 radical (unpaired) electrons. The molecule has 5 rings (SSSR count). The van der Waals surface area contributed by atoms with Crippen molar-refractivity contribution in [2.24, 2.45) is 11.8 Å². The molecule has 2 saturated carbocycles. The average molecular weight is 495 g/mol. The number of hydrogen-bond acceptors (Lipinski definition) is 6. The summed E-state index contributed by atoms with van der Waals surface area (Å²) in [7, 11) is 0. The largest absolute Gasteiger partial charge is 0.305 e. The molecule has 0 spiro atoms. The van der Waals surface area contributed by atoms with Crippen molar-refractivity contribution in [2.45, 2.75) is 89.1 Å². The summed E-state index contributed by atoms with van der Waals surface area (Å²) in [6.07, 6.45) is 12.6. The summed E-state index contributed by atoms with van der Waals surface area (Å²) >= 11 is 0. The van der Waals surface area contributed by atoms with Gasteiger partial charge in [-0.25, -0.2) is 9.80 Å². The second kappa shape index (κ2) is 11.2. The standard InChI is InChI=1S/C28H38N4O4/c33-25-15-23(29-17-19-7-3-1-4-8-19)27(35)31(25)21-11-13-22(14-12-21)32-26(34)16-24(28(32)36)30-18-20-9-5-2-6-10-20/h11-14,19-20,23-24,29-30H,1-10,15-18H2/t23-,24-/m0/s1. The van der Waals surface area contributed by atoms with Gasteiger partial charge >= 0.3 is 0 Å². The van der Waals surface area contributed by atoms with Crippen molar-refractivity contribution < 1.29 is 19.2 Å². The first-order chi connectivity index (χ1) is 17.5. The van der Waals surface area contributed by atoms with E-state index in [0.717, 1.165) is 13.1 Å². The molecule has 4 amide bonds. The van der Waals surface area contributed by atoms with Crippen LogP contribution in [0.2, 0.25) is 0 Å². The molecule has 0 aromatic heterocycles. The van der Waals surface area contributed by atoms with Crippen LogP contribution < -0.4 is 20.4 Å². The van der Waals surface area contributed by atoms with Gasteiger partial charge in [-0.1, -0.05) is 38.5 Å². The van der Waals surface area contributed by atoms with Gasteiger partial charge in [0.2, 0.25) is 11.8 Å². The third-order valence-corrected chi connectivity index (χ3v) is 8.41. The summed E-state index contributed by atoms with van der Waals surface area (Å²) in [6, 6.07) is 5.63. The van der Waals surface area contributed by atoms with Crippen LogP contribution in [0, 0.1) is 11.8 Å². The molecule has 1 aromatic carbocycles. The second-order valence-corrected chi connectivity index (χ2v) is 11.0. The van der Waals surface area contributed by atoms with Crippen LogP contribution in [0.5, 0.6) is 0 Å². The highest BCUT2D eigenvalue weighted by atomic mass is 16.2. The monoisotopic (exact) mass is 494 g/mol. The fourth-order valence-electron chi connectivity index (χ4n) is 6.28. The fraction of sp³-hybridized carbons (Fsp3) is 0.643. The van der Waals surface area contributed by atoms with E-state index in [4.69, 9.17) is 0 Å². The highest BCUT2D eigenvalue weighted by Crippen LogP contribution is 2.30. The molecule has 36 heavy (non-hydrogen) atoms. The SMILES string of the molecule is O=C1C[C@H](NCC2CCCCC2)C(=O)N1c1ccc(N2C(=O)C[C@H](NCC3CCCCC3)C2=O)cc1. The Morgan fingerprint density at radius 2 is 0.944 bits per heavy atom. The summed E-state index contributed by atoms with van der Waals surface area (Å²) in [5, 5.41) is 6.65. The first-order valence-corrected chi connectivity index (χ1v) is 13.8. The van der Waals surface area contributed by atoms with Crippen molar-refractivity contribution in [1.29, 1.82) is 0 Å². The number of anilines is 2. The maximum absolute atomic E-state index is 13.0. The summed E-state index contributed by atoms with van der Waals surface area (Å²) < 4.78 is 0. The lowest BCUT2D eigenvalue weighted by Gasteiger charge is -2.23. The zero-order chi connectivity index (χ0) is 25.1. The van der Waals surface area contributed by atoms with Gasteiger partial charge < -0.3 is 10.6 Å². The average Bonchev–Trinajstić information content (AvgIpc) is 3.35. The smallest absolute Gasteiger partial charge is 0.251 e. The van der Waals surface area contributed by atoms with E-state index in [-0.39, 0.29) is 36.5 Å². The van der Waals surface area contributed by atoms with Gasteiger partial charge in [-0.05, 0) is 74.9 Å². The normalized spacial score (nSPS) is 26.4. The van der Waals surface area contributed by atoms with Gasteiger partial charge in [0.1, 0.15) is 0 Å². The summed E-state index contributed by atoms with van der Waals surface area (Å²) in [5.74, 6) is 0.231. The van der Waals surface area contributed by atoms with Crippen molar-refractivity contribution in [3.05, 3.63) is 24.3 Å². The highest BCUT2D eigenvalue weighted by molar-refractivity contribution is 6.24. The molecule has 2 N–H and O–H groups in total. The van der Waals surface area contributed by atoms with Gasteiger partial charge in [0.15, 0.2) is 0 Å². The number of carbonyl (C=O) groups is 4. The molecule has 4 aliphatic rings. The minimum Gasteiger partial charge on any atom is -0.305 e. The van der Waals surface area contributed by atoms with Crippen molar-refractivity contribution in [3.8, 4) is 0 Å². The van der Waals surface area contributed by atoms with Crippen LogP contribution in [-0.4, -0.2) is 48.8 Å². The maximum Gasteiger partial charge on any atom is 0.251 e. The third-order valence-electron chi connectivity index (χ3n) is 8.41. The predicted octanol–water partition coefficient (Wildman–Crippen LogP) is 3.29. The van der Waals surface area contributed by atoms with Crippen LogP contribution in [-0.2, 0) is 19.2 Å². The topological polar surface area (TPSA) is 98.8 Å². The zero-order valence-corrected chi connectivity index (χ0v) is 21.0. The Hall–Kier alpha value is -2.58. The molecule has 1 aromatic rings. The maximum atomic E-state index is 13.0. The second-order valence-electron chi connectivity index (χ2n) is 11.0. The molecule has 4 fully saturated rings. The Morgan fingerprint density at radius 3 is 1.31 bits per heavy atom. The van der Waals surface area contributed by atoms with Crippen LogP contribution >= 0.6 is 0 Å². The number of amides is 4. The van der Waals surface area contributed by atoms with Crippen LogP contribution in [0.3, 0.4) is 0 Å². The lowest BCUT2D eigenvalue weighted by molar-refractivity contribution is -0.123. The first-order valence-electron chi connectivity index (χ1n) is 13.8. The molecular formula is C28H38N4O4. The number of nitrogens with one attached hydrogen (secondary N) is 2. The molecule has 0 unspecified atom stereocenters. The van der Waals surface area contributed by atoms with Gasteiger partial charge in [0.25, 0.3) is 11.8 Å². The van der Waals surface area contributed by atoms with Crippen molar-refractivity contribution in [1.82, 2.24) is 10.6 Å². The molecule has 8 heteroatoms. The van der Waals surface area contributed by atoms with Crippen molar-refractivity contribution >= 4 is 35.0 Å². The minimum absolute atomic E-state index is 0.157. The number of nitrogens with zero attached hydrogens (tertiary/aromatic N) is 2. The first kappa shape index (κ1) is 25.1. The van der Waals surface area contributed by atoms with Gasteiger partial charge in [0.05, 0.1) is 36.3 Å². The summed E-state index contributed by atoms with van der Waals surface area (Å²) in [5.41, 5.74) is 0.948. The Balaban J connectivity index is 1.18. The zero-order valence-electron chi connectivity index (χ0n) is 21.0. The van der Waals surface area contributed by atoms with Gasteiger partial charge in [-0.15, -0.1) is 0 Å². The Kier molecular flexibility index (Phi) is 7.82. The Labute approximate surface area is 213 Å². The van der Waals surface area contributed by atoms with E-state index >= 15 is 0 Å². The molecule has 194 valence electrons. The molecule has 2 saturated heterocycles. The van der Waals surface area contributed by atoms with Gasteiger partial charge in [-0.3, -0.25) is 19.2 Å². The van der Waals surface area contributed by atoms with Crippen molar-refractivity contribution in [3.63, 3.8) is 0 Å². The Bertz CT molecular complexity index is 903. The van der Waals surface area contributed by atoms with Crippen LogP contribution in [0.25, 0.3) is 0 Å². The van der Waals surface area contributed by atoms with E-state index < -0.39 is 12.1 Å². The fourth-order valence-corrected chi connectivity index (χ4v) is 6.28. The molecule has 8 nitrogen and oxygen atoms in total. The lowest BCUT2D eigenvalue weighted by Crippen LogP contribution is -2.41. The van der Waals surface area contributed by atoms with Crippen LogP contribution in [0.4, 0.5) is 11.4 Å². The quantitative estimate of drug-likeness (QED) is 0.538. The molecule has 0 bridgehead atoms. The minimum atomic E-state index is -0.489. The summed E-state index contributed by atoms with van der Waals surface area (Å²) in [4.78, 5) is 53.8. The number of hydrogen-bond donors (Lipinski definition) is 2. The predicted molar refractivity (Wildman–Crippen MR) is 137 cm³/mol. The number of benzene rings is 1. The Morgan fingerprint density at radius 1 is 0.583 bits per heavy atom. The lowest BCUT2D eigenvalue weighted by atomic mass is 9.89. The summed E-state index contributed by atoms with van der Waals surface area (Å²) in [6.45, 7) is 1.54. The number of carbonyl (C=O) groups excluding carboxylic acids is 4. The van der Waals surface area contributed by atoms with E-state index in [9.17, 15) is 19.2 Å². The van der Waals surface area contributed by atoms with E-state index in [1.807, 2.05) is 0 Å². The molecule has 2 aliphatic carbocycles. The van der Waals surface area contributed by atoms with Crippen LogP contribution in [0.15, 0.2) is 24.3 Å². The van der Waals surface area contributed by atoms with E-state index in [1.165, 1.54) is 74.0 Å². The highest BCUT2D eigenvalue weighted by Gasteiger charge is 2.41. The number of imide groups is 2. The molecule has 2 atom stereocenters. The van der Waals surface area contributed by atoms with Crippen molar-refractivity contribution in [2.75, 3.05) is 22.9 Å². The van der Waals surface area contributed by atoms with E-state index in [2.05, 4.69) is 10.6 Å². The third kappa shape index (κ3) is 5.39. The van der Waals surface area contributed by atoms with Crippen LogP contribution in [0.1, 0.15) is 77.0 Å². The van der Waals surface area contributed by atoms with E-state index in [1.54, 1.807) is 24.3 Å². The molecular weight excluding hydrogens is 456 g/mol. The van der Waals surface area contributed by atoms with Gasteiger partial charge in [0, 0.05) is 0 Å². The molecule has 2 heterocycles.